The molecule has 3 aromatic rings. The van der Waals surface area contributed by atoms with Crippen molar-refractivity contribution in [3.63, 3.8) is 0 Å². The van der Waals surface area contributed by atoms with E-state index in [0.717, 1.165) is 26.4 Å². The summed E-state index contributed by atoms with van der Waals surface area (Å²) in [7, 11) is 1.27. The van der Waals surface area contributed by atoms with Gasteiger partial charge >= 0.3 is 12.0 Å². The lowest BCUT2D eigenvalue weighted by Gasteiger charge is -2.10. The largest absolute Gasteiger partial charge is 0.468 e. The predicted molar refractivity (Wildman–Crippen MR) is 98.8 cm³/mol. The molecular weight excluding hydrogens is 338 g/mol. The van der Waals surface area contributed by atoms with E-state index >= 15 is 0 Å². The Bertz CT molecular complexity index is 903. The van der Waals surface area contributed by atoms with E-state index in [1.54, 1.807) is 11.3 Å². The number of carbonyl (C=O) groups excluding carboxylic acids is 2. The van der Waals surface area contributed by atoms with Gasteiger partial charge < -0.3 is 15.4 Å². The number of nitrogens with zero attached hydrogens (tertiary/aromatic N) is 1. The summed E-state index contributed by atoms with van der Waals surface area (Å²) < 4.78 is 5.62. The zero-order chi connectivity index (χ0) is 17.8. The molecule has 0 aliphatic heterocycles. The van der Waals surface area contributed by atoms with E-state index in [4.69, 9.17) is 0 Å². The zero-order valence-electron chi connectivity index (χ0n) is 13.8. The standard InChI is InChI=1S/C18H17N3O3S/c1-11-9-12(17-20-14-5-3-4-6-15(14)25-17)7-8-13(11)21-18(23)19-10-16(22)24-2/h3-9H,10H2,1-2H3,(H2,19,21,23). The van der Waals surface area contributed by atoms with E-state index in [9.17, 15) is 9.59 Å². The molecule has 1 aromatic heterocycles. The minimum Gasteiger partial charge on any atom is -0.468 e. The SMILES string of the molecule is COC(=O)CNC(=O)Nc1ccc(-c2nc3ccccc3s2)cc1C. The number of methoxy groups -OCH3 is 1. The fourth-order valence-electron chi connectivity index (χ4n) is 2.32. The van der Waals surface area contributed by atoms with Gasteiger partial charge in [0.1, 0.15) is 11.6 Å². The van der Waals surface area contributed by atoms with Gasteiger partial charge in [-0.25, -0.2) is 9.78 Å². The number of hydrogen-bond donors (Lipinski definition) is 2. The first kappa shape index (κ1) is 16.9. The third-order valence-corrected chi connectivity index (χ3v) is 4.72. The van der Waals surface area contributed by atoms with Crippen LogP contribution in [0.1, 0.15) is 5.56 Å². The van der Waals surface area contributed by atoms with Crippen LogP contribution in [0.4, 0.5) is 10.5 Å². The molecule has 0 bridgehead atoms. The van der Waals surface area contributed by atoms with Crippen LogP contribution in [0, 0.1) is 6.92 Å². The highest BCUT2D eigenvalue weighted by atomic mass is 32.1. The van der Waals surface area contributed by atoms with Crippen molar-refractivity contribution in [2.75, 3.05) is 19.0 Å². The van der Waals surface area contributed by atoms with Gasteiger partial charge in [0.15, 0.2) is 0 Å². The van der Waals surface area contributed by atoms with Gasteiger partial charge in [-0.05, 0) is 42.8 Å². The fraction of sp³-hybridized carbons (Fsp3) is 0.167. The summed E-state index contributed by atoms with van der Waals surface area (Å²) in [6.45, 7) is 1.73. The number of anilines is 1. The number of para-hydroxylation sites is 1. The third kappa shape index (κ3) is 3.95. The van der Waals surface area contributed by atoms with E-state index in [0.29, 0.717) is 5.69 Å². The molecule has 0 saturated carbocycles. The van der Waals surface area contributed by atoms with Crippen LogP contribution in [0.15, 0.2) is 42.5 Å². The topological polar surface area (TPSA) is 80.3 Å². The lowest BCUT2D eigenvalue weighted by molar-refractivity contribution is -0.139. The van der Waals surface area contributed by atoms with Gasteiger partial charge in [-0.15, -0.1) is 11.3 Å². The van der Waals surface area contributed by atoms with Crippen molar-refractivity contribution in [2.45, 2.75) is 6.92 Å². The highest BCUT2D eigenvalue weighted by molar-refractivity contribution is 7.21. The van der Waals surface area contributed by atoms with Gasteiger partial charge in [0.2, 0.25) is 0 Å². The molecule has 3 rings (SSSR count). The van der Waals surface area contributed by atoms with Gasteiger partial charge in [-0.3, -0.25) is 4.79 Å². The van der Waals surface area contributed by atoms with Crippen LogP contribution >= 0.6 is 11.3 Å². The van der Waals surface area contributed by atoms with Gasteiger partial charge in [-0.1, -0.05) is 12.1 Å². The van der Waals surface area contributed by atoms with Gasteiger partial charge in [0.25, 0.3) is 0 Å². The van der Waals surface area contributed by atoms with Gasteiger partial charge in [-0.2, -0.15) is 0 Å². The van der Waals surface area contributed by atoms with Crippen molar-refractivity contribution >= 4 is 39.2 Å². The molecule has 0 atom stereocenters. The number of fused-ring (bicyclic) bond motifs is 1. The smallest absolute Gasteiger partial charge is 0.325 e. The van der Waals surface area contributed by atoms with Crippen molar-refractivity contribution in [2.24, 2.45) is 0 Å². The second kappa shape index (κ2) is 7.31. The third-order valence-electron chi connectivity index (χ3n) is 3.64. The first-order chi connectivity index (χ1) is 12.1. The van der Waals surface area contributed by atoms with Crippen molar-refractivity contribution in [1.82, 2.24) is 10.3 Å². The van der Waals surface area contributed by atoms with E-state index < -0.39 is 12.0 Å². The van der Waals surface area contributed by atoms with Crippen molar-refractivity contribution in [3.8, 4) is 10.6 Å². The van der Waals surface area contributed by atoms with Crippen LogP contribution < -0.4 is 10.6 Å². The monoisotopic (exact) mass is 355 g/mol. The number of aryl methyl sites for hydroxylation is 1. The molecule has 0 unspecified atom stereocenters. The molecule has 1 heterocycles. The average Bonchev–Trinajstić information content (AvgIpc) is 3.05. The Labute approximate surface area is 148 Å². The highest BCUT2D eigenvalue weighted by Crippen LogP contribution is 2.31. The Morgan fingerprint density at radius 3 is 2.72 bits per heavy atom. The molecule has 128 valence electrons. The van der Waals surface area contributed by atoms with Crippen LogP contribution in [-0.4, -0.2) is 30.6 Å². The fourth-order valence-corrected chi connectivity index (χ4v) is 3.29. The van der Waals surface area contributed by atoms with Crippen LogP contribution in [-0.2, 0) is 9.53 Å². The number of amides is 2. The quantitative estimate of drug-likeness (QED) is 0.701. The number of urea groups is 1. The number of aromatic nitrogens is 1. The first-order valence-electron chi connectivity index (χ1n) is 7.65. The number of rotatable bonds is 4. The number of esters is 1. The van der Waals surface area contributed by atoms with Crippen molar-refractivity contribution < 1.29 is 14.3 Å². The summed E-state index contributed by atoms with van der Waals surface area (Å²) in [5, 5.41) is 6.09. The van der Waals surface area contributed by atoms with Gasteiger partial charge in [0, 0.05) is 11.3 Å². The maximum Gasteiger partial charge on any atom is 0.325 e. The first-order valence-corrected chi connectivity index (χ1v) is 8.47. The van der Waals surface area contributed by atoms with Crippen LogP contribution in [0.2, 0.25) is 0 Å². The number of thiazole rings is 1. The molecule has 7 heteroatoms. The van der Waals surface area contributed by atoms with E-state index in [2.05, 4.69) is 20.4 Å². The van der Waals surface area contributed by atoms with Crippen molar-refractivity contribution in [1.29, 1.82) is 0 Å². The lowest BCUT2D eigenvalue weighted by atomic mass is 10.1. The second-order valence-corrected chi connectivity index (χ2v) is 6.43. The summed E-state index contributed by atoms with van der Waals surface area (Å²) in [6.07, 6.45) is 0. The maximum absolute atomic E-state index is 11.8. The molecule has 6 nitrogen and oxygen atoms in total. The molecule has 0 aliphatic rings. The minimum atomic E-state index is -0.502. The van der Waals surface area contributed by atoms with E-state index in [1.807, 2.05) is 49.4 Å². The molecule has 2 aromatic carbocycles. The highest BCUT2D eigenvalue weighted by Gasteiger charge is 2.10. The average molecular weight is 355 g/mol. The van der Waals surface area contributed by atoms with Gasteiger partial charge in [0.05, 0.1) is 17.3 Å². The molecule has 25 heavy (non-hydrogen) atoms. The van der Waals surface area contributed by atoms with E-state index in [-0.39, 0.29) is 6.54 Å². The summed E-state index contributed by atoms with van der Waals surface area (Å²) in [5.74, 6) is -0.502. The summed E-state index contributed by atoms with van der Waals surface area (Å²) in [4.78, 5) is 27.5. The molecule has 0 saturated heterocycles. The second-order valence-electron chi connectivity index (χ2n) is 5.40. The number of benzene rings is 2. The molecule has 2 amide bonds. The number of hydrogen-bond acceptors (Lipinski definition) is 5. The predicted octanol–water partition coefficient (Wildman–Crippen LogP) is 3.57. The molecular formula is C18H17N3O3S. The van der Waals surface area contributed by atoms with Crippen LogP contribution in [0.3, 0.4) is 0 Å². The number of carbonyl (C=O) groups is 2. The Kier molecular flexibility index (Phi) is 4.95. The van der Waals surface area contributed by atoms with E-state index in [1.165, 1.54) is 7.11 Å². The number of ether oxygens (including phenoxy) is 1. The lowest BCUT2D eigenvalue weighted by Crippen LogP contribution is -2.33. The molecule has 2 N–H and O–H groups in total. The van der Waals surface area contributed by atoms with Crippen LogP contribution in [0.25, 0.3) is 20.8 Å². The number of nitrogens with one attached hydrogen (secondary N) is 2. The Hall–Kier alpha value is -2.93. The van der Waals surface area contributed by atoms with Crippen LogP contribution in [0.5, 0.6) is 0 Å². The maximum atomic E-state index is 11.8. The Balaban J connectivity index is 1.74. The normalized spacial score (nSPS) is 10.5. The molecule has 0 radical (unpaired) electrons. The molecule has 0 aliphatic carbocycles. The minimum absolute atomic E-state index is 0.175. The summed E-state index contributed by atoms with van der Waals surface area (Å²) in [6, 6.07) is 13.3. The summed E-state index contributed by atoms with van der Waals surface area (Å²) >= 11 is 1.63. The Morgan fingerprint density at radius 2 is 2.00 bits per heavy atom. The molecule has 0 spiro atoms. The van der Waals surface area contributed by atoms with Crippen molar-refractivity contribution in [3.05, 3.63) is 48.0 Å². The molecule has 0 fully saturated rings. The zero-order valence-corrected chi connectivity index (χ0v) is 14.6. The summed E-state index contributed by atoms with van der Waals surface area (Å²) in [5.41, 5.74) is 3.56. The Morgan fingerprint density at radius 1 is 1.20 bits per heavy atom.